The van der Waals surface area contributed by atoms with Crippen LogP contribution >= 0.6 is 0 Å². The fourth-order valence-electron chi connectivity index (χ4n) is 3.83. The summed E-state index contributed by atoms with van der Waals surface area (Å²) in [5.41, 5.74) is 3.46. The first-order chi connectivity index (χ1) is 11.3. The van der Waals surface area contributed by atoms with Gasteiger partial charge in [-0.3, -0.25) is 4.90 Å². The van der Waals surface area contributed by atoms with Gasteiger partial charge in [0.2, 0.25) is 0 Å². The number of phenols is 1. The van der Waals surface area contributed by atoms with Crippen LogP contribution in [0.4, 0.5) is 0 Å². The Hall–Kier alpha value is -1.85. The average Bonchev–Trinajstić information content (AvgIpc) is 3.03. The average molecular weight is 313 g/mol. The number of rotatable bonds is 3. The van der Waals surface area contributed by atoms with E-state index in [0.29, 0.717) is 5.75 Å². The highest BCUT2D eigenvalue weighted by Crippen LogP contribution is 2.33. The topological polar surface area (TPSA) is 61.4 Å². The Bertz CT molecular complexity index is 664. The fourth-order valence-corrected chi connectivity index (χ4v) is 3.83. The van der Waals surface area contributed by atoms with E-state index in [1.54, 1.807) is 12.4 Å². The van der Waals surface area contributed by atoms with Crippen LogP contribution < -0.4 is 0 Å². The van der Waals surface area contributed by atoms with E-state index in [1.165, 1.54) is 5.69 Å². The molecule has 0 saturated carbocycles. The molecule has 1 unspecified atom stereocenters. The van der Waals surface area contributed by atoms with E-state index in [0.717, 1.165) is 62.9 Å². The maximum absolute atomic E-state index is 9.81. The standard InChI is InChI=1S/C18H23N3O2/c22-15-3-1-2-14(8-15)16-10-21(9-13-4-6-23-7-5-13)11-17-18(16)20-12-19-17/h1-3,8,12-13,16,22H,4-7,9-11H2,(H,19,20). The summed E-state index contributed by atoms with van der Waals surface area (Å²) in [5.74, 6) is 1.26. The minimum Gasteiger partial charge on any atom is -0.508 e. The molecule has 1 aromatic heterocycles. The number of benzene rings is 1. The van der Waals surface area contributed by atoms with Crippen molar-refractivity contribution in [2.24, 2.45) is 5.92 Å². The molecule has 0 amide bonds. The van der Waals surface area contributed by atoms with Crippen LogP contribution in [0.1, 0.15) is 35.7 Å². The molecule has 1 saturated heterocycles. The number of ether oxygens (including phenoxy) is 1. The number of phenolic OH excluding ortho intramolecular Hbond substituents is 1. The van der Waals surface area contributed by atoms with Crippen LogP contribution in [0, 0.1) is 5.92 Å². The summed E-state index contributed by atoms with van der Waals surface area (Å²) >= 11 is 0. The van der Waals surface area contributed by atoms with Gasteiger partial charge in [0.25, 0.3) is 0 Å². The number of nitrogens with zero attached hydrogens (tertiary/aromatic N) is 2. The molecule has 4 rings (SSSR count). The lowest BCUT2D eigenvalue weighted by Gasteiger charge is -2.35. The molecule has 1 aromatic carbocycles. The van der Waals surface area contributed by atoms with Crippen molar-refractivity contribution >= 4 is 0 Å². The van der Waals surface area contributed by atoms with Crippen molar-refractivity contribution in [2.75, 3.05) is 26.3 Å². The molecule has 3 heterocycles. The molecular formula is C18H23N3O2. The summed E-state index contributed by atoms with van der Waals surface area (Å²) in [6, 6.07) is 7.58. The molecule has 0 spiro atoms. The number of nitrogens with one attached hydrogen (secondary N) is 1. The molecule has 5 heteroatoms. The summed E-state index contributed by atoms with van der Waals surface area (Å²) in [5, 5.41) is 9.81. The van der Waals surface area contributed by atoms with E-state index in [4.69, 9.17) is 4.74 Å². The quantitative estimate of drug-likeness (QED) is 0.914. The second kappa shape index (κ2) is 6.34. The van der Waals surface area contributed by atoms with Crippen LogP contribution in [-0.4, -0.2) is 46.3 Å². The van der Waals surface area contributed by atoms with Crippen LogP contribution in [0.3, 0.4) is 0 Å². The van der Waals surface area contributed by atoms with Crippen molar-refractivity contribution in [1.82, 2.24) is 14.9 Å². The van der Waals surface area contributed by atoms with Gasteiger partial charge < -0.3 is 14.8 Å². The predicted octanol–water partition coefficient (Wildman–Crippen LogP) is 2.49. The van der Waals surface area contributed by atoms with Crippen LogP contribution in [-0.2, 0) is 11.3 Å². The second-order valence-electron chi connectivity index (χ2n) is 6.66. The highest BCUT2D eigenvalue weighted by molar-refractivity contribution is 5.37. The molecule has 1 fully saturated rings. The lowest BCUT2D eigenvalue weighted by atomic mass is 9.89. The third-order valence-corrected chi connectivity index (χ3v) is 5.03. The van der Waals surface area contributed by atoms with Crippen LogP contribution in [0.2, 0.25) is 0 Å². The van der Waals surface area contributed by atoms with E-state index in [2.05, 4.69) is 20.9 Å². The van der Waals surface area contributed by atoms with Gasteiger partial charge in [-0.1, -0.05) is 12.1 Å². The van der Waals surface area contributed by atoms with Crippen molar-refractivity contribution in [2.45, 2.75) is 25.3 Å². The van der Waals surface area contributed by atoms with Gasteiger partial charge in [-0.15, -0.1) is 0 Å². The first-order valence-electron chi connectivity index (χ1n) is 8.41. The zero-order valence-corrected chi connectivity index (χ0v) is 13.2. The van der Waals surface area contributed by atoms with Crippen molar-refractivity contribution in [3.8, 4) is 5.75 Å². The van der Waals surface area contributed by atoms with Gasteiger partial charge in [0.05, 0.1) is 17.7 Å². The molecule has 2 aromatic rings. The largest absolute Gasteiger partial charge is 0.508 e. The van der Waals surface area contributed by atoms with Gasteiger partial charge in [0, 0.05) is 38.8 Å². The summed E-state index contributed by atoms with van der Waals surface area (Å²) < 4.78 is 5.47. The number of imidazole rings is 1. The number of aromatic hydroxyl groups is 1. The van der Waals surface area contributed by atoms with E-state index in [9.17, 15) is 5.11 Å². The molecule has 0 aliphatic carbocycles. The first-order valence-corrected chi connectivity index (χ1v) is 8.41. The van der Waals surface area contributed by atoms with E-state index in [1.807, 2.05) is 12.1 Å². The summed E-state index contributed by atoms with van der Waals surface area (Å²) in [6.07, 6.45) is 4.10. The van der Waals surface area contributed by atoms with Crippen molar-refractivity contribution < 1.29 is 9.84 Å². The maximum atomic E-state index is 9.81. The van der Waals surface area contributed by atoms with Crippen molar-refractivity contribution in [3.63, 3.8) is 0 Å². The predicted molar refractivity (Wildman–Crippen MR) is 87.4 cm³/mol. The molecule has 1 atom stereocenters. The van der Waals surface area contributed by atoms with E-state index < -0.39 is 0 Å². The fraction of sp³-hybridized carbons (Fsp3) is 0.500. The Morgan fingerprint density at radius 1 is 1.30 bits per heavy atom. The summed E-state index contributed by atoms with van der Waals surface area (Å²) in [6.45, 7) is 4.78. The third-order valence-electron chi connectivity index (χ3n) is 5.03. The number of aromatic amines is 1. The normalized spacial score (nSPS) is 22.9. The van der Waals surface area contributed by atoms with Gasteiger partial charge in [0.1, 0.15) is 5.75 Å². The molecule has 5 nitrogen and oxygen atoms in total. The zero-order chi connectivity index (χ0) is 15.6. The number of hydrogen-bond donors (Lipinski definition) is 2. The molecule has 2 N–H and O–H groups in total. The highest BCUT2D eigenvalue weighted by Gasteiger charge is 2.30. The van der Waals surface area contributed by atoms with E-state index in [-0.39, 0.29) is 5.92 Å². The van der Waals surface area contributed by atoms with Gasteiger partial charge in [0.15, 0.2) is 0 Å². The SMILES string of the molecule is Oc1cccc(C2CN(CC3CCOCC3)Cc3[nH]cnc32)c1. The van der Waals surface area contributed by atoms with Crippen molar-refractivity contribution in [3.05, 3.63) is 47.5 Å². The highest BCUT2D eigenvalue weighted by atomic mass is 16.5. The Kier molecular flexibility index (Phi) is 4.06. The number of hydrogen-bond acceptors (Lipinski definition) is 4. The minimum atomic E-state index is 0.219. The molecule has 0 bridgehead atoms. The molecular weight excluding hydrogens is 290 g/mol. The molecule has 0 radical (unpaired) electrons. The molecule has 23 heavy (non-hydrogen) atoms. The van der Waals surface area contributed by atoms with Gasteiger partial charge in [-0.05, 0) is 36.5 Å². The third kappa shape index (κ3) is 3.12. The first kappa shape index (κ1) is 14.7. The Balaban J connectivity index is 1.56. The second-order valence-corrected chi connectivity index (χ2v) is 6.66. The Morgan fingerprint density at radius 3 is 3.00 bits per heavy atom. The van der Waals surface area contributed by atoms with Crippen LogP contribution in [0.25, 0.3) is 0 Å². The Labute approximate surface area is 136 Å². The minimum absolute atomic E-state index is 0.219. The lowest BCUT2D eigenvalue weighted by molar-refractivity contribution is 0.0495. The smallest absolute Gasteiger partial charge is 0.115 e. The number of fused-ring (bicyclic) bond motifs is 1. The van der Waals surface area contributed by atoms with Gasteiger partial charge in [-0.25, -0.2) is 4.98 Å². The van der Waals surface area contributed by atoms with Crippen LogP contribution in [0.15, 0.2) is 30.6 Å². The molecule has 2 aliphatic heterocycles. The summed E-state index contributed by atoms with van der Waals surface area (Å²) in [4.78, 5) is 10.4. The van der Waals surface area contributed by atoms with Crippen LogP contribution in [0.5, 0.6) is 5.75 Å². The van der Waals surface area contributed by atoms with E-state index >= 15 is 0 Å². The molecule has 2 aliphatic rings. The number of H-pyrrole nitrogens is 1. The maximum Gasteiger partial charge on any atom is 0.115 e. The Morgan fingerprint density at radius 2 is 2.17 bits per heavy atom. The lowest BCUT2D eigenvalue weighted by Crippen LogP contribution is -2.38. The van der Waals surface area contributed by atoms with Gasteiger partial charge >= 0.3 is 0 Å². The summed E-state index contributed by atoms with van der Waals surface area (Å²) in [7, 11) is 0. The zero-order valence-electron chi connectivity index (χ0n) is 13.2. The number of aromatic nitrogens is 2. The molecule has 122 valence electrons. The monoisotopic (exact) mass is 313 g/mol. The van der Waals surface area contributed by atoms with Crippen molar-refractivity contribution in [1.29, 1.82) is 0 Å². The van der Waals surface area contributed by atoms with Gasteiger partial charge in [-0.2, -0.15) is 0 Å².